The summed E-state index contributed by atoms with van der Waals surface area (Å²) in [5.74, 6) is 1.10. The largest absolute Gasteiger partial charge is 0.459 e. The summed E-state index contributed by atoms with van der Waals surface area (Å²) < 4.78 is 10.1. The quantitative estimate of drug-likeness (QED) is 0.779. The highest BCUT2D eigenvalue weighted by molar-refractivity contribution is 7.13. The van der Waals surface area contributed by atoms with Gasteiger partial charge in [-0.15, -0.1) is 11.3 Å². The molecule has 0 saturated heterocycles. The van der Waals surface area contributed by atoms with E-state index in [4.69, 9.17) is 8.94 Å². The van der Waals surface area contributed by atoms with E-state index in [2.05, 4.69) is 15.5 Å². The minimum absolute atomic E-state index is 0.256. The van der Waals surface area contributed by atoms with Crippen LogP contribution in [0, 0.1) is 0 Å². The monoisotopic (exact) mass is 289 g/mol. The molecule has 0 aliphatic rings. The highest BCUT2D eigenvalue weighted by atomic mass is 32.1. The molecule has 7 heteroatoms. The molecule has 0 aliphatic heterocycles. The Hall–Kier alpha value is -2.41. The Labute approximate surface area is 118 Å². The van der Waals surface area contributed by atoms with E-state index in [0.29, 0.717) is 24.7 Å². The molecule has 3 heterocycles. The molecule has 0 aliphatic carbocycles. The highest BCUT2D eigenvalue weighted by Crippen LogP contribution is 2.21. The molecule has 0 atom stereocenters. The molecular formula is C13H11N3O3S. The molecule has 3 aromatic heterocycles. The van der Waals surface area contributed by atoms with E-state index in [1.807, 2.05) is 17.5 Å². The lowest BCUT2D eigenvalue weighted by molar-refractivity contribution is 0.0925. The molecule has 3 rings (SSSR count). The second-order valence-electron chi connectivity index (χ2n) is 3.97. The van der Waals surface area contributed by atoms with Gasteiger partial charge in [0.2, 0.25) is 11.7 Å². The first-order valence-electron chi connectivity index (χ1n) is 6.01. The molecule has 102 valence electrons. The second kappa shape index (κ2) is 5.70. The van der Waals surface area contributed by atoms with Gasteiger partial charge in [-0.25, -0.2) is 0 Å². The summed E-state index contributed by atoms with van der Waals surface area (Å²) >= 11 is 1.55. The molecule has 0 bridgehead atoms. The van der Waals surface area contributed by atoms with Crippen molar-refractivity contribution in [1.82, 2.24) is 15.5 Å². The summed E-state index contributed by atoms with van der Waals surface area (Å²) in [5.41, 5.74) is 0. The van der Waals surface area contributed by atoms with E-state index in [0.717, 1.165) is 4.88 Å². The summed E-state index contributed by atoms with van der Waals surface area (Å²) in [6, 6.07) is 7.13. The first kappa shape index (κ1) is 12.6. The molecule has 20 heavy (non-hydrogen) atoms. The molecule has 0 radical (unpaired) electrons. The lowest BCUT2D eigenvalue weighted by Crippen LogP contribution is -2.25. The lowest BCUT2D eigenvalue weighted by atomic mass is 10.4. The van der Waals surface area contributed by atoms with Crippen LogP contribution in [0.3, 0.4) is 0 Å². The average Bonchev–Trinajstić information content (AvgIpc) is 3.20. The zero-order chi connectivity index (χ0) is 13.8. The fourth-order valence-electron chi connectivity index (χ4n) is 1.64. The standard InChI is InChI=1S/C13H11N3O3S/c17-13(9-3-1-7-18-9)14-6-5-11-15-12(16-19-11)10-4-2-8-20-10/h1-4,7-8H,5-6H2,(H,14,17). The van der Waals surface area contributed by atoms with E-state index in [1.165, 1.54) is 6.26 Å². The number of carbonyl (C=O) groups excluding carboxylic acids is 1. The number of rotatable bonds is 5. The number of thiophene rings is 1. The smallest absolute Gasteiger partial charge is 0.286 e. The third-order valence-electron chi connectivity index (χ3n) is 2.58. The molecule has 0 fully saturated rings. The molecule has 0 aromatic carbocycles. The van der Waals surface area contributed by atoms with Gasteiger partial charge in [0, 0.05) is 13.0 Å². The van der Waals surface area contributed by atoms with Gasteiger partial charge in [-0.1, -0.05) is 11.2 Å². The summed E-state index contributed by atoms with van der Waals surface area (Å²) in [5, 5.41) is 8.57. The van der Waals surface area contributed by atoms with Crippen molar-refractivity contribution in [3.05, 3.63) is 47.6 Å². The molecule has 3 aromatic rings. The van der Waals surface area contributed by atoms with Crippen LogP contribution in [-0.4, -0.2) is 22.6 Å². The van der Waals surface area contributed by atoms with Crippen molar-refractivity contribution in [3.63, 3.8) is 0 Å². The van der Waals surface area contributed by atoms with Gasteiger partial charge in [0.05, 0.1) is 11.1 Å². The minimum Gasteiger partial charge on any atom is -0.459 e. The number of amides is 1. The van der Waals surface area contributed by atoms with Gasteiger partial charge < -0.3 is 14.3 Å². The maximum atomic E-state index is 11.6. The number of nitrogens with one attached hydrogen (secondary N) is 1. The Balaban J connectivity index is 1.53. The third-order valence-corrected chi connectivity index (χ3v) is 3.44. The lowest BCUT2D eigenvalue weighted by Gasteiger charge is -1.99. The minimum atomic E-state index is -0.256. The Morgan fingerprint density at radius 3 is 3.05 bits per heavy atom. The van der Waals surface area contributed by atoms with Crippen LogP contribution in [0.15, 0.2) is 44.8 Å². The fourth-order valence-corrected chi connectivity index (χ4v) is 2.29. The van der Waals surface area contributed by atoms with E-state index in [9.17, 15) is 4.79 Å². The molecule has 6 nitrogen and oxygen atoms in total. The van der Waals surface area contributed by atoms with Crippen LogP contribution in [0.1, 0.15) is 16.4 Å². The normalized spacial score (nSPS) is 10.6. The van der Waals surface area contributed by atoms with Gasteiger partial charge >= 0.3 is 0 Å². The summed E-state index contributed by atoms with van der Waals surface area (Å²) in [7, 11) is 0. The van der Waals surface area contributed by atoms with Crippen molar-refractivity contribution >= 4 is 17.2 Å². The van der Waals surface area contributed by atoms with Crippen LogP contribution >= 0.6 is 11.3 Å². The van der Waals surface area contributed by atoms with Gasteiger partial charge in [-0.2, -0.15) is 4.98 Å². The van der Waals surface area contributed by atoms with Crippen molar-refractivity contribution < 1.29 is 13.7 Å². The molecule has 0 unspecified atom stereocenters. The number of aromatic nitrogens is 2. The Morgan fingerprint density at radius 2 is 2.30 bits per heavy atom. The number of furan rings is 1. The van der Waals surface area contributed by atoms with Gasteiger partial charge in [-0.05, 0) is 23.6 Å². The first-order chi connectivity index (χ1) is 9.83. The van der Waals surface area contributed by atoms with Gasteiger partial charge in [0.25, 0.3) is 5.91 Å². The number of hydrogen-bond donors (Lipinski definition) is 1. The van der Waals surface area contributed by atoms with Crippen LogP contribution in [0.5, 0.6) is 0 Å². The predicted molar refractivity (Wildman–Crippen MR) is 72.4 cm³/mol. The van der Waals surface area contributed by atoms with Crippen molar-refractivity contribution in [2.45, 2.75) is 6.42 Å². The maximum Gasteiger partial charge on any atom is 0.286 e. The summed E-state index contributed by atoms with van der Waals surface area (Å²) in [6.45, 7) is 0.408. The van der Waals surface area contributed by atoms with Gasteiger partial charge in [-0.3, -0.25) is 4.79 Å². The molecule has 0 spiro atoms. The van der Waals surface area contributed by atoms with Gasteiger partial charge in [0.15, 0.2) is 5.76 Å². The average molecular weight is 289 g/mol. The van der Waals surface area contributed by atoms with Crippen LogP contribution in [0.25, 0.3) is 10.7 Å². The number of carbonyl (C=O) groups is 1. The summed E-state index contributed by atoms with van der Waals surface area (Å²) in [4.78, 5) is 16.8. The third kappa shape index (κ3) is 2.77. The Bertz CT molecular complexity index is 674. The van der Waals surface area contributed by atoms with E-state index < -0.39 is 0 Å². The van der Waals surface area contributed by atoms with Crippen molar-refractivity contribution in [2.24, 2.45) is 0 Å². The van der Waals surface area contributed by atoms with Crippen LogP contribution in [0.4, 0.5) is 0 Å². The van der Waals surface area contributed by atoms with Crippen molar-refractivity contribution in [3.8, 4) is 10.7 Å². The van der Waals surface area contributed by atoms with Crippen LogP contribution in [0.2, 0.25) is 0 Å². The Morgan fingerprint density at radius 1 is 1.35 bits per heavy atom. The Kier molecular flexibility index (Phi) is 3.60. The zero-order valence-electron chi connectivity index (χ0n) is 10.4. The van der Waals surface area contributed by atoms with Crippen LogP contribution in [-0.2, 0) is 6.42 Å². The highest BCUT2D eigenvalue weighted by Gasteiger charge is 2.11. The van der Waals surface area contributed by atoms with E-state index in [-0.39, 0.29) is 11.7 Å². The molecular weight excluding hydrogens is 278 g/mol. The topological polar surface area (TPSA) is 81.2 Å². The van der Waals surface area contributed by atoms with Crippen LogP contribution < -0.4 is 5.32 Å². The molecule has 0 saturated carbocycles. The number of hydrogen-bond acceptors (Lipinski definition) is 6. The first-order valence-corrected chi connectivity index (χ1v) is 6.89. The number of nitrogens with zero attached hydrogens (tertiary/aromatic N) is 2. The fraction of sp³-hybridized carbons (Fsp3) is 0.154. The SMILES string of the molecule is O=C(NCCc1nc(-c2cccs2)no1)c1ccco1. The maximum absolute atomic E-state index is 11.6. The van der Waals surface area contributed by atoms with Crippen molar-refractivity contribution in [2.75, 3.05) is 6.54 Å². The van der Waals surface area contributed by atoms with E-state index in [1.54, 1.807) is 23.5 Å². The van der Waals surface area contributed by atoms with Crippen molar-refractivity contribution in [1.29, 1.82) is 0 Å². The molecule has 1 amide bonds. The zero-order valence-corrected chi connectivity index (χ0v) is 11.2. The second-order valence-corrected chi connectivity index (χ2v) is 4.92. The van der Waals surface area contributed by atoms with Gasteiger partial charge in [0.1, 0.15) is 0 Å². The summed E-state index contributed by atoms with van der Waals surface area (Å²) in [6.07, 6.45) is 1.94. The predicted octanol–water partition coefficient (Wildman–Crippen LogP) is 2.36. The molecule has 1 N–H and O–H groups in total. The van der Waals surface area contributed by atoms with E-state index >= 15 is 0 Å².